The van der Waals surface area contributed by atoms with Crippen LogP contribution in [0.15, 0.2) is 47.4 Å². The largest absolute Gasteiger partial charge is 0.329 e. The average molecular weight is 370 g/mol. The molecule has 1 aliphatic heterocycles. The zero-order chi connectivity index (χ0) is 15.4. The number of aromatic amines is 1. The Balaban J connectivity index is 0.00000144. The molecule has 2 aromatic rings. The van der Waals surface area contributed by atoms with Crippen molar-refractivity contribution in [3.63, 3.8) is 0 Å². The van der Waals surface area contributed by atoms with E-state index in [-0.39, 0.29) is 36.3 Å². The van der Waals surface area contributed by atoms with Crippen LogP contribution >= 0.6 is 24.8 Å². The van der Waals surface area contributed by atoms with Gasteiger partial charge in [0.2, 0.25) is 5.56 Å². The van der Waals surface area contributed by atoms with Gasteiger partial charge in [-0.25, -0.2) is 0 Å². The van der Waals surface area contributed by atoms with Crippen LogP contribution in [0.2, 0.25) is 0 Å². The van der Waals surface area contributed by atoms with E-state index in [1.54, 1.807) is 6.07 Å². The maximum atomic E-state index is 12.1. The third kappa shape index (κ3) is 5.37. The minimum absolute atomic E-state index is 0. The molecule has 1 amide bonds. The molecule has 5 nitrogen and oxygen atoms in total. The lowest BCUT2D eigenvalue weighted by atomic mass is 9.98. The predicted octanol–water partition coefficient (Wildman–Crippen LogP) is 2.62. The highest BCUT2D eigenvalue weighted by Gasteiger charge is 2.15. The number of pyridine rings is 1. The van der Waals surface area contributed by atoms with Crippen LogP contribution in [0.1, 0.15) is 22.3 Å². The van der Waals surface area contributed by atoms with Crippen LogP contribution in [0.5, 0.6) is 0 Å². The molecular weight excluding hydrogens is 349 g/mol. The van der Waals surface area contributed by atoms with Crippen LogP contribution in [-0.2, 0) is 6.42 Å². The average Bonchev–Trinajstić information content (AvgIpc) is 3.01. The Bertz CT molecular complexity index is 710. The first-order valence-electron chi connectivity index (χ1n) is 7.50. The van der Waals surface area contributed by atoms with E-state index in [2.05, 4.69) is 15.6 Å². The molecule has 1 unspecified atom stereocenters. The molecule has 1 atom stereocenters. The number of hydrogen-bond donors (Lipinski definition) is 3. The number of carbonyl (C=O) groups is 1. The zero-order valence-electron chi connectivity index (χ0n) is 13.1. The lowest BCUT2D eigenvalue weighted by Crippen LogP contribution is -2.14. The molecule has 1 aromatic carbocycles. The molecule has 24 heavy (non-hydrogen) atoms. The van der Waals surface area contributed by atoms with Crippen LogP contribution in [0.3, 0.4) is 0 Å². The Morgan fingerprint density at radius 1 is 1.17 bits per heavy atom. The summed E-state index contributed by atoms with van der Waals surface area (Å²) in [5.74, 6) is 0.482. The van der Waals surface area contributed by atoms with E-state index in [4.69, 9.17) is 0 Å². The molecule has 130 valence electrons. The number of rotatable bonds is 4. The number of aromatic nitrogens is 1. The van der Waals surface area contributed by atoms with Gasteiger partial charge in [0.15, 0.2) is 0 Å². The first-order chi connectivity index (χ1) is 10.7. The number of halogens is 2. The van der Waals surface area contributed by atoms with E-state index in [0.29, 0.717) is 17.2 Å². The van der Waals surface area contributed by atoms with Crippen LogP contribution in [0.4, 0.5) is 5.69 Å². The fourth-order valence-corrected chi connectivity index (χ4v) is 2.74. The predicted molar refractivity (Wildman–Crippen MR) is 101 cm³/mol. The summed E-state index contributed by atoms with van der Waals surface area (Å²) >= 11 is 0. The van der Waals surface area contributed by atoms with Crippen LogP contribution in [-0.4, -0.2) is 24.0 Å². The standard InChI is InChI=1S/C17H19N3O2.2ClH/c21-16-10-15(6-8-19-16)20-17(22)14-3-1-12(2-4-14)9-13-5-7-18-11-13;;/h1-4,6,8,10,13,18H,5,7,9,11H2,(H2,19,20,21,22);2*1H. The molecule has 7 heteroatoms. The van der Waals surface area contributed by atoms with Gasteiger partial charge in [-0.1, -0.05) is 12.1 Å². The van der Waals surface area contributed by atoms with E-state index in [1.165, 1.54) is 24.2 Å². The summed E-state index contributed by atoms with van der Waals surface area (Å²) in [6.07, 6.45) is 3.77. The molecule has 1 saturated heterocycles. The number of carbonyl (C=O) groups excluding carboxylic acids is 1. The number of nitrogens with one attached hydrogen (secondary N) is 3. The number of amides is 1. The van der Waals surface area contributed by atoms with Gasteiger partial charge in [0.25, 0.3) is 5.91 Å². The summed E-state index contributed by atoms with van der Waals surface area (Å²) in [6.45, 7) is 2.17. The molecule has 3 rings (SSSR count). The highest BCUT2D eigenvalue weighted by Crippen LogP contribution is 2.16. The van der Waals surface area contributed by atoms with Gasteiger partial charge in [-0.2, -0.15) is 0 Å². The van der Waals surface area contributed by atoms with Gasteiger partial charge in [0.1, 0.15) is 0 Å². The van der Waals surface area contributed by atoms with Crippen molar-refractivity contribution in [2.24, 2.45) is 5.92 Å². The first-order valence-corrected chi connectivity index (χ1v) is 7.50. The second-order valence-corrected chi connectivity index (χ2v) is 5.66. The summed E-state index contributed by atoms with van der Waals surface area (Å²) in [6, 6.07) is 10.7. The number of hydrogen-bond acceptors (Lipinski definition) is 3. The molecule has 0 spiro atoms. The first kappa shape index (κ1) is 20.2. The highest BCUT2D eigenvalue weighted by atomic mass is 35.5. The van der Waals surface area contributed by atoms with Crippen molar-refractivity contribution in [2.45, 2.75) is 12.8 Å². The molecule has 0 radical (unpaired) electrons. The minimum atomic E-state index is -0.238. The second kappa shape index (κ2) is 9.47. The number of anilines is 1. The lowest BCUT2D eigenvalue weighted by molar-refractivity contribution is 0.102. The van der Waals surface area contributed by atoms with Crippen LogP contribution in [0, 0.1) is 5.92 Å². The summed E-state index contributed by atoms with van der Waals surface area (Å²) in [5.41, 5.74) is 2.10. The van der Waals surface area contributed by atoms with Gasteiger partial charge < -0.3 is 15.6 Å². The maximum Gasteiger partial charge on any atom is 0.255 e. The molecule has 0 aliphatic carbocycles. The van der Waals surface area contributed by atoms with Gasteiger partial charge in [-0.05, 0) is 55.6 Å². The second-order valence-electron chi connectivity index (χ2n) is 5.66. The molecular formula is C17H21Cl2N3O2. The van der Waals surface area contributed by atoms with E-state index in [0.717, 1.165) is 19.5 Å². The summed E-state index contributed by atoms with van der Waals surface area (Å²) < 4.78 is 0. The lowest BCUT2D eigenvalue weighted by Gasteiger charge is -2.09. The van der Waals surface area contributed by atoms with Gasteiger partial charge in [-0.3, -0.25) is 9.59 Å². The van der Waals surface area contributed by atoms with Crippen molar-refractivity contribution < 1.29 is 4.79 Å². The van der Waals surface area contributed by atoms with Crippen LogP contribution in [0.25, 0.3) is 0 Å². The van der Waals surface area contributed by atoms with Crippen molar-refractivity contribution >= 4 is 36.4 Å². The molecule has 1 aromatic heterocycles. The van der Waals surface area contributed by atoms with Gasteiger partial charge in [-0.15, -0.1) is 24.8 Å². The van der Waals surface area contributed by atoms with Crippen molar-refractivity contribution in [3.8, 4) is 0 Å². The van der Waals surface area contributed by atoms with Crippen molar-refractivity contribution in [2.75, 3.05) is 18.4 Å². The molecule has 0 saturated carbocycles. The molecule has 3 N–H and O–H groups in total. The van der Waals surface area contributed by atoms with Crippen molar-refractivity contribution in [3.05, 3.63) is 64.1 Å². The quantitative estimate of drug-likeness (QED) is 0.775. The van der Waals surface area contributed by atoms with Gasteiger partial charge >= 0.3 is 0 Å². The van der Waals surface area contributed by atoms with Gasteiger partial charge in [0.05, 0.1) is 0 Å². The van der Waals surface area contributed by atoms with E-state index < -0.39 is 0 Å². The summed E-state index contributed by atoms with van der Waals surface area (Å²) in [5, 5.41) is 6.08. The van der Waals surface area contributed by atoms with Crippen molar-refractivity contribution in [1.29, 1.82) is 0 Å². The molecule has 1 aliphatic rings. The third-order valence-electron chi connectivity index (χ3n) is 3.94. The van der Waals surface area contributed by atoms with Gasteiger partial charge in [0, 0.05) is 23.5 Å². The molecule has 2 heterocycles. The fraction of sp³-hybridized carbons (Fsp3) is 0.294. The monoisotopic (exact) mass is 369 g/mol. The molecule has 0 bridgehead atoms. The zero-order valence-corrected chi connectivity index (χ0v) is 14.7. The SMILES string of the molecule is Cl.Cl.O=C(Nc1cc[nH]c(=O)c1)c1ccc(CC2CCNC2)cc1. The van der Waals surface area contributed by atoms with E-state index >= 15 is 0 Å². The Labute approximate surface area is 153 Å². The Hall–Kier alpha value is -1.82. The normalized spacial score (nSPS) is 15.9. The Kier molecular flexibility index (Phi) is 7.98. The van der Waals surface area contributed by atoms with E-state index in [9.17, 15) is 9.59 Å². The maximum absolute atomic E-state index is 12.1. The summed E-state index contributed by atoms with van der Waals surface area (Å²) in [7, 11) is 0. The molecule has 1 fully saturated rings. The van der Waals surface area contributed by atoms with Crippen molar-refractivity contribution in [1.82, 2.24) is 10.3 Å². The fourth-order valence-electron chi connectivity index (χ4n) is 2.74. The minimum Gasteiger partial charge on any atom is -0.329 e. The number of H-pyrrole nitrogens is 1. The Morgan fingerprint density at radius 2 is 1.92 bits per heavy atom. The van der Waals surface area contributed by atoms with E-state index in [1.807, 2.05) is 24.3 Å². The Morgan fingerprint density at radius 3 is 2.54 bits per heavy atom. The third-order valence-corrected chi connectivity index (χ3v) is 3.94. The smallest absolute Gasteiger partial charge is 0.255 e. The highest BCUT2D eigenvalue weighted by molar-refractivity contribution is 6.04. The topological polar surface area (TPSA) is 74.0 Å². The van der Waals surface area contributed by atoms with Crippen LogP contribution < -0.4 is 16.2 Å². The number of benzene rings is 1. The summed E-state index contributed by atoms with van der Waals surface area (Å²) in [4.78, 5) is 25.9.